The summed E-state index contributed by atoms with van der Waals surface area (Å²) in [5.74, 6) is -1.67. The second-order valence-corrected chi connectivity index (χ2v) is 4.81. The van der Waals surface area contributed by atoms with Gasteiger partial charge in [-0.3, -0.25) is 4.79 Å². The molecule has 3 N–H and O–H groups in total. The summed E-state index contributed by atoms with van der Waals surface area (Å²) in [5, 5.41) is 9.03. The molecule has 0 radical (unpaired) electrons. The molecule has 0 aliphatic carbocycles. The number of carbonyl (C=O) groups excluding carboxylic acids is 2. The maximum atomic E-state index is 12.2. The lowest BCUT2D eigenvalue weighted by atomic mass is 10.1. The van der Waals surface area contributed by atoms with Crippen molar-refractivity contribution in [2.45, 2.75) is 25.3 Å². The Labute approximate surface area is 105 Å². The molecule has 7 nitrogen and oxygen atoms in total. The third kappa shape index (κ3) is 2.25. The molecule has 0 aromatic rings. The predicted octanol–water partition coefficient (Wildman–Crippen LogP) is -0.537. The van der Waals surface area contributed by atoms with E-state index in [0.717, 1.165) is 0 Å². The van der Waals surface area contributed by atoms with Crippen molar-refractivity contribution < 1.29 is 19.5 Å². The zero-order chi connectivity index (χ0) is 13.3. The molecule has 0 bridgehead atoms. The van der Waals surface area contributed by atoms with Crippen LogP contribution in [0.5, 0.6) is 0 Å². The Hall–Kier alpha value is -1.79. The highest BCUT2D eigenvalue weighted by Gasteiger charge is 2.39. The number of carboxylic acid groups (broad SMARTS) is 1. The van der Waals surface area contributed by atoms with E-state index in [2.05, 4.69) is 0 Å². The summed E-state index contributed by atoms with van der Waals surface area (Å²) in [6.45, 7) is 1.24. The van der Waals surface area contributed by atoms with Gasteiger partial charge >= 0.3 is 12.0 Å². The second-order valence-electron chi connectivity index (χ2n) is 4.81. The van der Waals surface area contributed by atoms with Crippen molar-refractivity contribution in [1.82, 2.24) is 9.80 Å². The summed E-state index contributed by atoms with van der Waals surface area (Å²) in [4.78, 5) is 37.1. The van der Waals surface area contributed by atoms with Crippen LogP contribution in [0.1, 0.15) is 19.3 Å². The largest absolute Gasteiger partial charge is 0.480 e. The van der Waals surface area contributed by atoms with E-state index in [1.807, 2.05) is 0 Å². The summed E-state index contributed by atoms with van der Waals surface area (Å²) in [5.41, 5.74) is 5.20. The lowest BCUT2D eigenvalue weighted by Crippen LogP contribution is -2.47. The molecule has 2 fully saturated rings. The van der Waals surface area contributed by atoms with E-state index in [0.29, 0.717) is 38.9 Å². The molecule has 2 aliphatic heterocycles. The maximum absolute atomic E-state index is 12.2. The number of nitrogens with two attached hydrogens (primary N) is 1. The van der Waals surface area contributed by atoms with Gasteiger partial charge < -0.3 is 20.6 Å². The normalized spacial score (nSPS) is 27.6. The second kappa shape index (κ2) is 4.83. The lowest BCUT2D eigenvalue weighted by Gasteiger charge is -2.27. The number of likely N-dealkylation sites (tertiary alicyclic amines) is 2. The van der Waals surface area contributed by atoms with Crippen molar-refractivity contribution >= 4 is 17.9 Å². The number of urea groups is 1. The van der Waals surface area contributed by atoms with Gasteiger partial charge in [0, 0.05) is 19.6 Å². The SMILES string of the molecule is NC(=O)C1CCN(C(=O)N2CCC[C@@H]2C(=O)O)C1. The van der Waals surface area contributed by atoms with Crippen LogP contribution in [0.2, 0.25) is 0 Å². The van der Waals surface area contributed by atoms with Crippen molar-refractivity contribution in [3.05, 3.63) is 0 Å². The molecule has 100 valence electrons. The molecule has 18 heavy (non-hydrogen) atoms. The van der Waals surface area contributed by atoms with E-state index in [9.17, 15) is 14.4 Å². The Balaban J connectivity index is 2.00. The molecule has 0 aromatic heterocycles. The van der Waals surface area contributed by atoms with Crippen LogP contribution in [0, 0.1) is 5.92 Å². The van der Waals surface area contributed by atoms with Crippen molar-refractivity contribution in [2.75, 3.05) is 19.6 Å². The molecule has 2 rings (SSSR count). The highest BCUT2D eigenvalue weighted by atomic mass is 16.4. The third-order valence-electron chi connectivity index (χ3n) is 3.64. The quantitative estimate of drug-likeness (QED) is 0.691. The summed E-state index contributed by atoms with van der Waals surface area (Å²) in [6.07, 6.45) is 1.76. The number of amides is 3. The Morgan fingerprint density at radius 1 is 1.17 bits per heavy atom. The van der Waals surface area contributed by atoms with Gasteiger partial charge in [0.2, 0.25) is 5.91 Å². The minimum atomic E-state index is -0.966. The van der Waals surface area contributed by atoms with Gasteiger partial charge in [-0.25, -0.2) is 9.59 Å². The van der Waals surface area contributed by atoms with Gasteiger partial charge in [0.05, 0.1) is 5.92 Å². The van der Waals surface area contributed by atoms with Gasteiger partial charge in [-0.15, -0.1) is 0 Å². The molecule has 3 amide bonds. The number of nitrogens with zero attached hydrogens (tertiary/aromatic N) is 2. The first kappa shape index (κ1) is 12.7. The Bertz CT molecular complexity index is 384. The van der Waals surface area contributed by atoms with Gasteiger partial charge in [-0.2, -0.15) is 0 Å². The van der Waals surface area contributed by atoms with Crippen molar-refractivity contribution in [2.24, 2.45) is 11.7 Å². The van der Waals surface area contributed by atoms with E-state index >= 15 is 0 Å². The van der Waals surface area contributed by atoms with Gasteiger partial charge in [0.25, 0.3) is 0 Å². The molecule has 0 aromatic carbocycles. The van der Waals surface area contributed by atoms with E-state index in [1.54, 1.807) is 0 Å². The number of carboxylic acids is 1. The zero-order valence-corrected chi connectivity index (χ0v) is 10.0. The van der Waals surface area contributed by atoms with E-state index < -0.39 is 17.9 Å². The summed E-state index contributed by atoms with van der Waals surface area (Å²) < 4.78 is 0. The van der Waals surface area contributed by atoms with Crippen LogP contribution >= 0.6 is 0 Å². The monoisotopic (exact) mass is 255 g/mol. The Kier molecular flexibility index (Phi) is 3.40. The van der Waals surface area contributed by atoms with Gasteiger partial charge in [-0.1, -0.05) is 0 Å². The molecule has 0 spiro atoms. The number of primary amides is 1. The fraction of sp³-hybridized carbons (Fsp3) is 0.727. The van der Waals surface area contributed by atoms with Crippen LogP contribution in [0.4, 0.5) is 4.79 Å². The first-order valence-corrected chi connectivity index (χ1v) is 6.08. The minimum absolute atomic E-state index is 0.288. The van der Waals surface area contributed by atoms with Crippen LogP contribution in [-0.2, 0) is 9.59 Å². The van der Waals surface area contributed by atoms with Crippen molar-refractivity contribution in [3.63, 3.8) is 0 Å². The average Bonchev–Trinajstić information content (AvgIpc) is 2.97. The van der Waals surface area contributed by atoms with E-state index in [-0.39, 0.29) is 11.9 Å². The summed E-state index contributed by atoms with van der Waals surface area (Å²) in [7, 11) is 0. The van der Waals surface area contributed by atoms with Crippen LogP contribution < -0.4 is 5.73 Å². The molecular weight excluding hydrogens is 238 g/mol. The summed E-state index contributed by atoms with van der Waals surface area (Å²) >= 11 is 0. The van der Waals surface area contributed by atoms with Gasteiger partial charge in [0.1, 0.15) is 6.04 Å². The molecule has 2 heterocycles. The number of hydrogen-bond acceptors (Lipinski definition) is 3. The third-order valence-corrected chi connectivity index (χ3v) is 3.64. The molecule has 7 heteroatoms. The molecule has 2 atom stereocenters. The molecule has 2 saturated heterocycles. The van der Waals surface area contributed by atoms with Crippen LogP contribution in [0.15, 0.2) is 0 Å². The van der Waals surface area contributed by atoms with Gasteiger partial charge in [-0.05, 0) is 19.3 Å². The molecule has 1 unspecified atom stereocenters. The zero-order valence-electron chi connectivity index (χ0n) is 10.0. The average molecular weight is 255 g/mol. The van der Waals surface area contributed by atoms with Crippen molar-refractivity contribution in [1.29, 1.82) is 0 Å². The number of rotatable bonds is 2. The molecule has 2 aliphatic rings. The standard InChI is InChI=1S/C11H17N3O4/c12-9(15)7-3-5-13(6-7)11(18)14-4-1-2-8(14)10(16)17/h7-8H,1-6H2,(H2,12,15)(H,16,17)/t7?,8-/m1/s1. The maximum Gasteiger partial charge on any atom is 0.326 e. The first-order chi connectivity index (χ1) is 8.50. The Morgan fingerprint density at radius 3 is 2.44 bits per heavy atom. The molecular formula is C11H17N3O4. The Morgan fingerprint density at radius 2 is 1.89 bits per heavy atom. The van der Waals surface area contributed by atoms with Crippen LogP contribution in [-0.4, -0.2) is 58.5 Å². The smallest absolute Gasteiger partial charge is 0.326 e. The number of carbonyl (C=O) groups is 3. The molecule has 0 saturated carbocycles. The lowest BCUT2D eigenvalue weighted by molar-refractivity contribution is -0.141. The number of hydrogen-bond donors (Lipinski definition) is 2. The topological polar surface area (TPSA) is 104 Å². The highest BCUT2D eigenvalue weighted by molar-refractivity contribution is 5.84. The van der Waals surface area contributed by atoms with Gasteiger partial charge in [0.15, 0.2) is 0 Å². The number of aliphatic carboxylic acids is 1. The van der Waals surface area contributed by atoms with Crippen molar-refractivity contribution in [3.8, 4) is 0 Å². The first-order valence-electron chi connectivity index (χ1n) is 6.08. The highest BCUT2D eigenvalue weighted by Crippen LogP contribution is 2.23. The van der Waals surface area contributed by atoms with E-state index in [1.165, 1.54) is 9.80 Å². The van der Waals surface area contributed by atoms with E-state index in [4.69, 9.17) is 10.8 Å². The van der Waals surface area contributed by atoms with Crippen LogP contribution in [0.3, 0.4) is 0 Å². The van der Waals surface area contributed by atoms with Crippen LogP contribution in [0.25, 0.3) is 0 Å². The fourth-order valence-electron chi connectivity index (χ4n) is 2.60. The fourth-order valence-corrected chi connectivity index (χ4v) is 2.60. The minimum Gasteiger partial charge on any atom is -0.480 e. The predicted molar refractivity (Wildman–Crippen MR) is 61.6 cm³/mol. The summed E-state index contributed by atoms with van der Waals surface area (Å²) in [6, 6.07) is -1.02.